The summed E-state index contributed by atoms with van der Waals surface area (Å²) in [6.07, 6.45) is 1.20. The summed E-state index contributed by atoms with van der Waals surface area (Å²) in [4.78, 5) is 13.7. The topological polar surface area (TPSA) is 137 Å². The average molecular weight is 438 g/mol. The quantitative estimate of drug-likeness (QED) is 0.255. The molecule has 3 N–H and O–H groups in total. The predicted molar refractivity (Wildman–Crippen MR) is 111 cm³/mol. The number of nitrogens with one attached hydrogen (secondary N) is 1. The van der Waals surface area contributed by atoms with Crippen LogP contribution in [-0.2, 0) is 5.75 Å². The van der Waals surface area contributed by atoms with E-state index in [-0.39, 0.29) is 22.9 Å². The van der Waals surface area contributed by atoms with Gasteiger partial charge >= 0.3 is 0 Å². The number of hydrogen-bond acceptors (Lipinski definition) is 9. The highest BCUT2D eigenvalue weighted by Gasteiger charge is 2.24. The maximum Gasteiger partial charge on any atom is 0.293 e. The molecule has 0 atom stereocenters. The van der Waals surface area contributed by atoms with E-state index >= 15 is 0 Å². The lowest BCUT2D eigenvalue weighted by atomic mass is 10.2. The molecule has 0 fully saturated rings. The molecule has 10 nitrogen and oxygen atoms in total. The SMILES string of the molecule is Nc1nonc1-n1nnc(C(=O)N/N=C\c2ccccc2F)c1CSc1ccccc1. The molecule has 0 bridgehead atoms. The number of hydrogen-bond donors (Lipinski definition) is 2. The van der Waals surface area contributed by atoms with E-state index in [1.807, 2.05) is 30.3 Å². The predicted octanol–water partition coefficient (Wildman–Crippen LogP) is 2.43. The van der Waals surface area contributed by atoms with E-state index in [1.54, 1.807) is 12.1 Å². The number of carbonyl (C=O) groups is 1. The van der Waals surface area contributed by atoms with Crippen LogP contribution in [0.25, 0.3) is 5.82 Å². The van der Waals surface area contributed by atoms with Gasteiger partial charge in [-0.05, 0) is 28.5 Å². The Labute approximate surface area is 179 Å². The minimum Gasteiger partial charge on any atom is -0.378 e. The maximum absolute atomic E-state index is 13.7. The van der Waals surface area contributed by atoms with Crippen molar-refractivity contribution in [2.24, 2.45) is 5.10 Å². The highest BCUT2D eigenvalue weighted by Crippen LogP contribution is 2.25. The molecule has 0 spiro atoms. The van der Waals surface area contributed by atoms with Crippen molar-refractivity contribution < 1.29 is 13.8 Å². The smallest absolute Gasteiger partial charge is 0.293 e. The Morgan fingerprint density at radius 3 is 2.71 bits per heavy atom. The average Bonchev–Trinajstić information content (AvgIpc) is 3.40. The zero-order valence-corrected chi connectivity index (χ0v) is 16.7. The van der Waals surface area contributed by atoms with Crippen LogP contribution < -0.4 is 11.2 Å². The Hall–Kier alpha value is -4.06. The van der Waals surface area contributed by atoms with E-state index in [2.05, 4.69) is 35.8 Å². The van der Waals surface area contributed by atoms with Crippen molar-refractivity contribution >= 4 is 29.7 Å². The van der Waals surface area contributed by atoms with Gasteiger partial charge in [0.15, 0.2) is 5.69 Å². The molecule has 1 amide bonds. The van der Waals surface area contributed by atoms with Gasteiger partial charge in [-0.25, -0.2) is 14.4 Å². The molecule has 0 radical (unpaired) electrons. The van der Waals surface area contributed by atoms with Crippen LogP contribution in [0.4, 0.5) is 10.2 Å². The van der Waals surface area contributed by atoms with E-state index in [0.29, 0.717) is 11.4 Å². The second-order valence-corrected chi connectivity index (χ2v) is 7.14. The van der Waals surface area contributed by atoms with Crippen molar-refractivity contribution in [3.63, 3.8) is 0 Å². The summed E-state index contributed by atoms with van der Waals surface area (Å²) in [5.74, 6) is -0.647. The van der Waals surface area contributed by atoms with E-state index < -0.39 is 11.7 Å². The molecule has 12 heteroatoms. The van der Waals surface area contributed by atoms with Crippen molar-refractivity contribution in [1.29, 1.82) is 0 Å². The van der Waals surface area contributed by atoms with E-state index in [9.17, 15) is 9.18 Å². The van der Waals surface area contributed by atoms with Crippen LogP contribution in [0.2, 0.25) is 0 Å². The lowest BCUT2D eigenvalue weighted by Crippen LogP contribution is -2.20. The normalized spacial score (nSPS) is 11.1. The third-order valence-corrected chi connectivity index (χ3v) is 5.09. The molecule has 0 saturated heterocycles. The first kappa shape index (κ1) is 20.2. The summed E-state index contributed by atoms with van der Waals surface area (Å²) in [6, 6.07) is 15.6. The van der Waals surface area contributed by atoms with Crippen LogP contribution in [0, 0.1) is 5.82 Å². The van der Waals surface area contributed by atoms with Crippen LogP contribution in [0.1, 0.15) is 21.7 Å². The van der Waals surface area contributed by atoms with Gasteiger partial charge in [0.05, 0.1) is 11.9 Å². The fourth-order valence-electron chi connectivity index (χ4n) is 2.58. The van der Waals surface area contributed by atoms with E-state index in [4.69, 9.17) is 5.73 Å². The number of thioether (sulfide) groups is 1. The number of carbonyl (C=O) groups excluding carboxylic acids is 1. The van der Waals surface area contributed by atoms with Gasteiger partial charge in [0.2, 0.25) is 11.6 Å². The molecule has 31 heavy (non-hydrogen) atoms. The molecular weight excluding hydrogens is 423 g/mol. The number of amides is 1. The minimum atomic E-state index is -0.627. The minimum absolute atomic E-state index is 0.000364. The Kier molecular flexibility index (Phi) is 5.98. The molecule has 0 aliphatic carbocycles. The van der Waals surface area contributed by atoms with Crippen molar-refractivity contribution in [2.45, 2.75) is 10.6 Å². The Morgan fingerprint density at radius 2 is 1.97 bits per heavy atom. The van der Waals surface area contributed by atoms with Gasteiger partial charge in [0.1, 0.15) is 5.82 Å². The van der Waals surface area contributed by atoms with Crippen LogP contribution in [-0.4, -0.2) is 37.4 Å². The number of nitrogens with zero attached hydrogens (tertiary/aromatic N) is 6. The van der Waals surface area contributed by atoms with Crippen molar-refractivity contribution in [2.75, 3.05) is 5.73 Å². The van der Waals surface area contributed by atoms with E-state index in [0.717, 1.165) is 4.90 Å². The summed E-state index contributed by atoms with van der Waals surface area (Å²) in [5, 5.41) is 19.0. The third-order valence-electron chi connectivity index (χ3n) is 4.07. The van der Waals surface area contributed by atoms with Crippen LogP contribution >= 0.6 is 11.8 Å². The van der Waals surface area contributed by atoms with Gasteiger partial charge in [-0.2, -0.15) is 9.78 Å². The molecule has 0 unspecified atom stereocenters. The highest BCUT2D eigenvalue weighted by atomic mass is 32.2. The Bertz CT molecular complexity index is 1220. The third kappa shape index (κ3) is 4.59. The zero-order valence-electron chi connectivity index (χ0n) is 15.8. The molecular formula is C19H15FN8O2S. The highest BCUT2D eigenvalue weighted by molar-refractivity contribution is 7.98. The standard InChI is InChI=1S/C19H15FN8O2S/c20-14-9-5-4-6-12(14)10-22-24-19(29)16-15(11-31-13-7-2-1-3-8-13)28(27-23-16)18-17(21)25-30-26-18/h1-10H,11H2,(H2,21,25)(H,24,29)/b22-10-. The van der Waals surface area contributed by atoms with Gasteiger partial charge in [-0.3, -0.25) is 4.79 Å². The Balaban J connectivity index is 1.58. The lowest BCUT2D eigenvalue weighted by Gasteiger charge is -2.05. The summed E-state index contributed by atoms with van der Waals surface area (Å²) in [5.41, 5.74) is 8.76. The molecule has 0 aliphatic heterocycles. The summed E-state index contributed by atoms with van der Waals surface area (Å²) >= 11 is 1.46. The molecule has 2 heterocycles. The molecule has 0 aliphatic rings. The number of benzene rings is 2. The molecule has 0 saturated carbocycles. The van der Waals surface area contributed by atoms with Gasteiger partial charge < -0.3 is 5.73 Å². The maximum atomic E-state index is 13.7. The fraction of sp³-hybridized carbons (Fsp3) is 0.0526. The van der Waals surface area contributed by atoms with Crippen LogP contribution in [0.15, 0.2) is 69.2 Å². The first-order valence-corrected chi connectivity index (χ1v) is 9.91. The number of nitrogens with two attached hydrogens (primary N) is 1. The molecule has 4 rings (SSSR count). The molecule has 2 aromatic heterocycles. The van der Waals surface area contributed by atoms with Gasteiger partial charge in [-0.1, -0.05) is 41.6 Å². The van der Waals surface area contributed by atoms with Gasteiger partial charge in [0, 0.05) is 16.2 Å². The molecule has 4 aromatic rings. The first-order valence-electron chi connectivity index (χ1n) is 8.92. The number of rotatable bonds is 7. The number of halogens is 1. The van der Waals surface area contributed by atoms with Gasteiger partial charge in [-0.15, -0.1) is 16.9 Å². The molecule has 156 valence electrons. The second-order valence-electron chi connectivity index (χ2n) is 6.09. The van der Waals surface area contributed by atoms with E-state index in [1.165, 1.54) is 34.8 Å². The monoisotopic (exact) mass is 438 g/mol. The van der Waals surface area contributed by atoms with Gasteiger partial charge in [0.25, 0.3) is 5.91 Å². The molecule has 2 aromatic carbocycles. The second kappa shape index (κ2) is 9.17. The zero-order chi connectivity index (χ0) is 21.6. The number of nitrogen functional groups attached to an aromatic ring is 1. The number of hydrazone groups is 1. The first-order chi connectivity index (χ1) is 15.1. The van der Waals surface area contributed by atoms with Crippen LogP contribution in [0.5, 0.6) is 0 Å². The summed E-state index contributed by atoms with van der Waals surface area (Å²) in [7, 11) is 0. The largest absolute Gasteiger partial charge is 0.378 e. The number of aromatic nitrogens is 5. The summed E-state index contributed by atoms with van der Waals surface area (Å²) in [6.45, 7) is 0. The lowest BCUT2D eigenvalue weighted by molar-refractivity contribution is 0.0949. The van der Waals surface area contributed by atoms with Crippen molar-refractivity contribution in [3.8, 4) is 5.82 Å². The van der Waals surface area contributed by atoms with Crippen molar-refractivity contribution in [1.82, 2.24) is 30.7 Å². The number of anilines is 1. The Morgan fingerprint density at radius 1 is 1.19 bits per heavy atom. The van der Waals surface area contributed by atoms with Crippen molar-refractivity contribution in [3.05, 3.63) is 77.4 Å². The summed E-state index contributed by atoms with van der Waals surface area (Å²) < 4.78 is 19.6. The van der Waals surface area contributed by atoms with Crippen LogP contribution in [0.3, 0.4) is 0 Å². The fourth-order valence-corrected chi connectivity index (χ4v) is 3.49.